The van der Waals surface area contributed by atoms with E-state index in [0.29, 0.717) is 19.1 Å². The zero-order chi connectivity index (χ0) is 13.7. The summed E-state index contributed by atoms with van der Waals surface area (Å²) >= 11 is 0. The molecule has 0 aliphatic heterocycles. The predicted molar refractivity (Wildman–Crippen MR) is 74.1 cm³/mol. The molecule has 0 radical (unpaired) electrons. The molecule has 1 saturated carbocycles. The van der Waals surface area contributed by atoms with Gasteiger partial charge in [-0.15, -0.1) is 0 Å². The fourth-order valence-electron chi connectivity index (χ4n) is 2.78. The zero-order valence-electron chi connectivity index (χ0n) is 12.0. The van der Waals surface area contributed by atoms with Crippen LogP contribution in [0.1, 0.15) is 57.7 Å². The number of ketones is 1. The van der Waals surface area contributed by atoms with Crippen LogP contribution in [0.25, 0.3) is 0 Å². The van der Waals surface area contributed by atoms with E-state index in [2.05, 4.69) is 5.10 Å². The lowest BCUT2D eigenvalue weighted by atomic mass is 10.1. The maximum absolute atomic E-state index is 12.1. The quantitative estimate of drug-likeness (QED) is 0.760. The topological polar surface area (TPSA) is 44.1 Å². The molecule has 0 N–H and O–H groups in total. The van der Waals surface area contributed by atoms with E-state index in [0.717, 1.165) is 12.1 Å². The highest BCUT2D eigenvalue weighted by Crippen LogP contribution is 2.28. The van der Waals surface area contributed by atoms with Crippen LogP contribution in [0, 0.1) is 0 Å². The van der Waals surface area contributed by atoms with Crippen molar-refractivity contribution < 1.29 is 9.53 Å². The highest BCUT2D eigenvalue weighted by molar-refractivity contribution is 5.84. The molecular formula is C15H24N2O2. The fourth-order valence-corrected chi connectivity index (χ4v) is 2.78. The highest BCUT2D eigenvalue weighted by atomic mass is 16.5. The van der Waals surface area contributed by atoms with Crippen LogP contribution in [0.4, 0.5) is 0 Å². The first-order valence-electron chi connectivity index (χ1n) is 7.43. The molecule has 0 bridgehead atoms. The summed E-state index contributed by atoms with van der Waals surface area (Å²) in [6.07, 6.45) is 7.87. The predicted octanol–water partition coefficient (Wildman–Crippen LogP) is 2.92. The number of Topliss-reactive ketones (excluding diaryl/α,β-unsaturated/α-hetero) is 1. The largest absolute Gasteiger partial charge is 0.371 e. The van der Waals surface area contributed by atoms with Crippen LogP contribution in [0.3, 0.4) is 0 Å². The van der Waals surface area contributed by atoms with Gasteiger partial charge in [0.15, 0.2) is 5.78 Å². The number of hydrogen-bond acceptors (Lipinski definition) is 3. The number of rotatable bonds is 7. The van der Waals surface area contributed by atoms with Gasteiger partial charge in [-0.1, -0.05) is 19.8 Å². The van der Waals surface area contributed by atoms with Crippen molar-refractivity contribution in [3.63, 3.8) is 0 Å². The Morgan fingerprint density at radius 3 is 2.84 bits per heavy atom. The molecule has 4 nitrogen and oxygen atoms in total. The van der Waals surface area contributed by atoms with E-state index in [1.165, 1.54) is 25.7 Å². The molecule has 1 aliphatic carbocycles. The second kappa shape index (κ2) is 6.85. The summed E-state index contributed by atoms with van der Waals surface area (Å²) in [6, 6.07) is 2.51. The monoisotopic (exact) mass is 264 g/mol. The molecule has 0 amide bonds. The average Bonchev–Trinajstić information content (AvgIpc) is 3.05. The summed E-state index contributed by atoms with van der Waals surface area (Å²) in [7, 11) is 0. The Balaban J connectivity index is 1.93. The molecule has 0 aromatic carbocycles. The van der Waals surface area contributed by atoms with Gasteiger partial charge in [0.2, 0.25) is 0 Å². The van der Waals surface area contributed by atoms with Gasteiger partial charge in [0, 0.05) is 12.8 Å². The normalized spacial score (nSPS) is 17.8. The first kappa shape index (κ1) is 14.3. The minimum absolute atomic E-state index is 0.140. The molecule has 1 atom stereocenters. The molecular weight excluding hydrogens is 240 g/mol. The SMILES string of the molecule is CCOC(CC)C(=O)Cc1ccn(C2CCCC2)n1. The lowest BCUT2D eigenvalue weighted by molar-refractivity contribution is -0.129. The Morgan fingerprint density at radius 1 is 1.47 bits per heavy atom. The summed E-state index contributed by atoms with van der Waals surface area (Å²) < 4.78 is 7.49. The summed E-state index contributed by atoms with van der Waals surface area (Å²) in [6.45, 7) is 4.49. The number of nitrogens with zero attached hydrogens (tertiary/aromatic N) is 2. The smallest absolute Gasteiger partial charge is 0.167 e. The maximum Gasteiger partial charge on any atom is 0.167 e. The van der Waals surface area contributed by atoms with E-state index in [1.54, 1.807) is 0 Å². The third kappa shape index (κ3) is 3.66. The number of carbonyl (C=O) groups excluding carboxylic acids is 1. The standard InChI is InChI=1S/C15H24N2O2/c1-3-15(19-4-2)14(18)11-12-9-10-17(16-12)13-7-5-6-8-13/h9-10,13,15H,3-8,11H2,1-2H3. The van der Waals surface area contributed by atoms with E-state index in [4.69, 9.17) is 4.74 Å². The second-order valence-electron chi connectivity index (χ2n) is 5.22. The van der Waals surface area contributed by atoms with Crippen molar-refractivity contribution in [2.24, 2.45) is 0 Å². The Bertz CT molecular complexity index is 408. The van der Waals surface area contributed by atoms with Crippen molar-refractivity contribution in [1.82, 2.24) is 9.78 Å². The lowest BCUT2D eigenvalue weighted by Gasteiger charge is -2.13. The van der Waals surface area contributed by atoms with E-state index < -0.39 is 0 Å². The third-order valence-electron chi connectivity index (χ3n) is 3.82. The van der Waals surface area contributed by atoms with Gasteiger partial charge in [-0.2, -0.15) is 5.10 Å². The molecule has 1 aliphatic rings. The average molecular weight is 264 g/mol. The second-order valence-corrected chi connectivity index (χ2v) is 5.22. The molecule has 1 aromatic heterocycles. The molecule has 19 heavy (non-hydrogen) atoms. The minimum atomic E-state index is -0.276. The Labute approximate surface area is 115 Å². The molecule has 1 unspecified atom stereocenters. The van der Waals surface area contributed by atoms with Crippen molar-refractivity contribution in [3.05, 3.63) is 18.0 Å². The van der Waals surface area contributed by atoms with Crippen molar-refractivity contribution in [3.8, 4) is 0 Å². The molecule has 0 saturated heterocycles. The van der Waals surface area contributed by atoms with Gasteiger partial charge >= 0.3 is 0 Å². The number of aromatic nitrogens is 2. The Morgan fingerprint density at radius 2 is 2.21 bits per heavy atom. The third-order valence-corrected chi connectivity index (χ3v) is 3.82. The number of hydrogen-bond donors (Lipinski definition) is 0. The number of ether oxygens (including phenoxy) is 1. The highest BCUT2D eigenvalue weighted by Gasteiger charge is 2.20. The number of carbonyl (C=O) groups is 1. The van der Waals surface area contributed by atoms with Gasteiger partial charge in [0.05, 0.1) is 18.2 Å². The van der Waals surface area contributed by atoms with Gasteiger partial charge in [0.25, 0.3) is 0 Å². The van der Waals surface area contributed by atoms with Gasteiger partial charge in [-0.3, -0.25) is 9.48 Å². The molecule has 2 rings (SSSR count). The van der Waals surface area contributed by atoms with Crippen molar-refractivity contribution in [2.75, 3.05) is 6.61 Å². The lowest BCUT2D eigenvalue weighted by Crippen LogP contribution is -2.25. The van der Waals surface area contributed by atoms with Crippen LogP contribution >= 0.6 is 0 Å². The van der Waals surface area contributed by atoms with E-state index >= 15 is 0 Å². The van der Waals surface area contributed by atoms with E-state index in [9.17, 15) is 4.79 Å². The van der Waals surface area contributed by atoms with Gasteiger partial charge in [-0.05, 0) is 32.3 Å². The summed E-state index contributed by atoms with van der Waals surface area (Å²) in [5.41, 5.74) is 0.870. The minimum Gasteiger partial charge on any atom is -0.371 e. The Kier molecular flexibility index (Phi) is 5.14. The summed E-state index contributed by atoms with van der Waals surface area (Å²) in [5.74, 6) is 0.140. The van der Waals surface area contributed by atoms with Crippen LogP contribution in [-0.4, -0.2) is 28.3 Å². The van der Waals surface area contributed by atoms with Crippen molar-refractivity contribution >= 4 is 5.78 Å². The molecule has 106 valence electrons. The fraction of sp³-hybridized carbons (Fsp3) is 0.733. The summed E-state index contributed by atoms with van der Waals surface area (Å²) in [5, 5.41) is 4.55. The van der Waals surface area contributed by atoms with Crippen LogP contribution in [0.2, 0.25) is 0 Å². The van der Waals surface area contributed by atoms with Crippen molar-refractivity contribution in [1.29, 1.82) is 0 Å². The van der Waals surface area contributed by atoms with Gasteiger partial charge < -0.3 is 4.74 Å². The van der Waals surface area contributed by atoms with Crippen LogP contribution < -0.4 is 0 Å². The first-order chi connectivity index (χ1) is 9.24. The van der Waals surface area contributed by atoms with Crippen LogP contribution in [-0.2, 0) is 16.0 Å². The van der Waals surface area contributed by atoms with E-state index in [-0.39, 0.29) is 11.9 Å². The Hall–Kier alpha value is -1.16. The van der Waals surface area contributed by atoms with Crippen LogP contribution in [0.5, 0.6) is 0 Å². The molecule has 0 spiro atoms. The molecule has 1 heterocycles. The maximum atomic E-state index is 12.1. The molecule has 1 aromatic rings. The first-order valence-corrected chi connectivity index (χ1v) is 7.43. The van der Waals surface area contributed by atoms with Gasteiger partial charge in [0.1, 0.15) is 6.10 Å². The van der Waals surface area contributed by atoms with Crippen LogP contribution in [0.15, 0.2) is 12.3 Å². The van der Waals surface area contributed by atoms with Gasteiger partial charge in [-0.25, -0.2) is 0 Å². The summed E-state index contributed by atoms with van der Waals surface area (Å²) in [4.78, 5) is 12.1. The van der Waals surface area contributed by atoms with E-state index in [1.807, 2.05) is 30.8 Å². The van der Waals surface area contributed by atoms with Crippen molar-refractivity contribution in [2.45, 2.75) is 64.5 Å². The molecule has 4 heteroatoms. The zero-order valence-corrected chi connectivity index (χ0v) is 12.0. The molecule has 1 fully saturated rings.